The van der Waals surface area contributed by atoms with Crippen molar-refractivity contribution in [2.75, 3.05) is 13.6 Å². The zero-order chi connectivity index (χ0) is 15.6. The molecule has 0 aromatic heterocycles. The van der Waals surface area contributed by atoms with Crippen molar-refractivity contribution in [3.63, 3.8) is 0 Å². The van der Waals surface area contributed by atoms with Gasteiger partial charge in [0, 0.05) is 36.2 Å². The molecular weight excluding hydrogens is 359 g/mol. The molecule has 1 fully saturated rings. The van der Waals surface area contributed by atoms with Crippen molar-refractivity contribution < 1.29 is 12.8 Å². The molecule has 1 aliphatic rings. The average Bonchev–Trinajstić information content (AvgIpc) is 3.23. The van der Waals surface area contributed by atoms with Crippen LogP contribution in [0.1, 0.15) is 18.4 Å². The Morgan fingerprint density at radius 1 is 1.52 bits per heavy atom. The van der Waals surface area contributed by atoms with Gasteiger partial charge in [-0.2, -0.15) is 4.31 Å². The first-order valence-corrected chi connectivity index (χ1v) is 8.88. The molecule has 0 bridgehead atoms. The largest absolute Gasteiger partial charge is 0.310 e. The van der Waals surface area contributed by atoms with E-state index in [1.807, 2.05) is 0 Å². The summed E-state index contributed by atoms with van der Waals surface area (Å²) >= 11 is 3.25. The van der Waals surface area contributed by atoms with E-state index in [4.69, 9.17) is 0 Å². The maximum atomic E-state index is 14.5. The summed E-state index contributed by atoms with van der Waals surface area (Å²) in [5.41, 5.74) is 0.349. The van der Waals surface area contributed by atoms with Crippen LogP contribution in [0, 0.1) is 5.82 Å². The minimum Gasteiger partial charge on any atom is -0.310 e. The highest BCUT2D eigenvalue weighted by molar-refractivity contribution is 9.10. The minimum atomic E-state index is -3.87. The summed E-state index contributed by atoms with van der Waals surface area (Å²) in [6.07, 6.45) is 3.63. The Balaban J connectivity index is 2.35. The summed E-state index contributed by atoms with van der Waals surface area (Å²) < 4.78 is 40.9. The molecule has 116 valence electrons. The van der Waals surface area contributed by atoms with Crippen molar-refractivity contribution >= 4 is 26.0 Å². The van der Waals surface area contributed by atoms with Gasteiger partial charge in [-0.1, -0.05) is 22.0 Å². The molecule has 0 unspecified atom stereocenters. The molecule has 0 radical (unpaired) electrons. The monoisotopic (exact) mass is 376 g/mol. The minimum absolute atomic E-state index is 0.129. The fourth-order valence-electron chi connectivity index (χ4n) is 1.92. The van der Waals surface area contributed by atoms with Gasteiger partial charge < -0.3 is 5.32 Å². The van der Waals surface area contributed by atoms with Crippen LogP contribution in [-0.4, -0.2) is 32.4 Å². The third-order valence-electron chi connectivity index (χ3n) is 3.31. The van der Waals surface area contributed by atoms with Crippen LogP contribution in [-0.2, 0) is 16.6 Å². The molecule has 1 aromatic rings. The predicted molar refractivity (Wildman–Crippen MR) is 84.0 cm³/mol. The lowest BCUT2D eigenvalue weighted by Gasteiger charge is -2.17. The lowest BCUT2D eigenvalue weighted by molar-refractivity contribution is 0.486. The Morgan fingerprint density at radius 2 is 2.19 bits per heavy atom. The summed E-state index contributed by atoms with van der Waals surface area (Å²) in [5.74, 6) is -0.692. The summed E-state index contributed by atoms with van der Waals surface area (Å²) in [7, 11) is -2.47. The molecule has 0 heterocycles. The number of nitrogens with zero attached hydrogens (tertiary/aromatic N) is 1. The molecular formula is C14H18BrFN2O2S. The summed E-state index contributed by atoms with van der Waals surface area (Å²) in [6.45, 7) is 3.95. The number of nitrogens with one attached hydrogen (secondary N) is 1. The Bertz CT molecular complexity index is 645. The van der Waals surface area contributed by atoms with Gasteiger partial charge in [-0.25, -0.2) is 12.8 Å². The van der Waals surface area contributed by atoms with Crippen molar-refractivity contribution in [2.24, 2.45) is 0 Å². The second-order valence-corrected chi connectivity index (χ2v) is 8.04. The zero-order valence-corrected chi connectivity index (χ0v) is 14.2. The van der Waals surface area contributed by atoms with Crippen molar-refractivity contribution in [2.45, 2.75) is 30.3 Å². The molecule has 1 saturated carbocycles. The van der Waals surface area contributed by atoms with E-state index in [-0.39, 0.29) is 11.4 Å². The van der Waals surface area contributed by atoms with Gasteiger partial charge in [-0.3, -0.25) is 0 Å². The van der Waals surface area contributed by atoms with E-state index >= 15 is 0 Å². The van der Waals surface area contributed by atoms with Crippen LogP contribution in [0.5, 0.6) is 0 Å². The lowest BCUT2D eigenvalue weighted by Crippen LogP contribution is -2.28. The van der Waals surface area contributed by atoms with Crippen LogP contribution in [0.3, 0.4) is 0 Å². The quantitative estimate of drug-likeness (QED) is 0.744. The smallest absolute Gasteiger partial charge is 0.246 e. The molecule has 7 heteroatoms. The van der Waals surface area contributed by atoms with Gasteiger partial charge in [0.2, 0.25) is 10.0 Å². The topological polar surface area (TPSA) is 49.4 Å². The predicted octanol–water partition coefficient (Wildman–Crippen LogP) is 2.65. The van der Waals surface area contributed by atoms with Crippen molar-refractivity contribution in [3.8, 4) is 0 Å². The summed E-state index contributed by atoms with van der Waals surface area (Å²) in [4.78, 5) is -0.311. The van der Waals surface area contributed by atoms with Gasteiger partial charge >= 0.3 is 0 Å². The molecule has 1 aromatic carbocycles. The Labute approximate surface area is 133 Å². The first-order chi connectivity index (χ1) is 9.86. The molecule has 0 aliphatic heterocycles. The van der Waals surface area contributed by atoms with E-state index in [0.29, 0.717) is 22.6 Å². The van der Waals surface area contributed by atoms with E-state index in [2.05, 4.69) is 27.8 Å². The Morgan fingerprint density at radius 3 is 2.76 bits per heavy atom. The highest BCUT2D eigenvalue weighted by atomic mass is 79.9. The van der Waals surface area contributed by atoms with Crippen molar-refractivity contribution in [1.29, 1.82) is 0 Å². The van der Waals surface area contributed by atoms with E-state index in [1.54, 1.807) is 6.07 Å². The summed E-state index contributed by atoms with van der Waals surface area (Å²) in [5, 5.41) is 3.19. The van der Waals surface area contributed by atoms with Gasteiger partial charge in [-0.15, -0.1) is 6.58 Å². The highest BCUT2D eigenvalue weighted by Crippen LogP contribution is 2.27. The van der Waals surface area contributed by atoms with E-state index in [9.17, 15) is 12.8 Å². The van der Waals surface area contributed by atoms with Gasteiger partial charge in [0.05, 0.1) is 0 Å². The average molecular weight is 377 g/mol. The molecule has 1 N–H and O–H groups in total. The Hall–Kier alpha value is -0.760. The second kappa shape index (κ2) is 6.56. The molecule has 21 heavy (non-hydrogen) atoms. The fraction of sp³-hybridized carbons (Fsp3) is 0.429. The van der Waals surface area contributed by atoms with Gasteiger partial charge in [0.15, 0.2) is 0 Å². The second-order valence-electron chi connectivity index (χ2n) is 5.11. The fourth-order valence-corrected chi connectivity index (χ4v) is 3.85. The third-order valence-corrected chi connectivity index (χ3v) is 5.59. The van der Waals surface area contributed by atoms with Crippen LogP contribution in [0.2, 0.25) is 0 Å². The molecule has 0 spiro atoms. The van der Waals surface area contributed by atoms with E-state index in [0.717, 1.165) is 17.1 Å². The molecule has 4 nitrogen and oxygen atoms in total. The van der Waals surface area contributed by atoms with Crippen LogP contribution in [0.4, 0.5) is 4.39 Å². The molecule has 0 atom stereocenters. The standard InChI is InChI=1S/C14H18BrFN2O2S/c1-3-6-18(2)21(19,20)13-8-11(15)7-10(14(13)16)9-17-12-4-5-12/h3,7-8,12,17H,1,4-6,9H2,2H3. The van der Waals surface area contributed by atoms with Crippen molar-refractivity contribution in [1.82, 2.24) is 9.62 Å². The van der Waals surface area contributed by atoms with Crippen LogP contribution in [0.25, 0.3) is 0 Å². The summed E-state index contributed by atoms with van der Waals surface area (Å²) in [6, 6.07) is 3.33. The SMILES string of the molecule is C=CCN(C)S(=O)(=O)c1cc(Br)cc(CNC2CC2)c1F. The van der Waals surface area contributed by atoms with E-state index < -0.39 is 15.8 Å². The van der Waals surface area contributed by atoms with Crippen LogP contribution in [0.15, 0.2) is 34.2 Å². The number of halogens is 2. The molecule has 0 saturated heterocycles. The number of hydrogen-bond acceptors (Lipinski definition) is 3. The molecule has 2 rings (SSSR count). The van der Waals surface area contributed by atoms with Gasteiger partial charge in [-0.05, 0) is 25.0 Å². The van der Waals surface area contributed by atoms with Crippen LogP contribution < -0.4 is 5.32 Å². The maximum Gasteiger partial charge on any atom is 0.246 e. The van der Waals surface area contributed by atoms with Gasteiger partial charge in [0.1, 0.15) is 10.7 Å². The molecule has 1 aliphatic carbocycles. The lowest BCUT2D eigenvalue weighted by atomic mass is 10.2. The number of benzene rings is 1. The van der Waals surface area contributed by atoms with E-state index in [1.165, 1.54) is 19.2 Å². The maximum absolute atomic E-state index is 14.5. The number of sulfonamides is 1. The Kier molecular flexibility index (Phi) is 5.19. The zero-order valence-electron chi connectivity index (χ0n) is 11.8. The first-order valence-electron chi connectivity index (χ1n) is 6.64. The highest BCUT2D eigenvalue weighted by Gasteiger charge is 2.27. The first kappa shape index (κ1) is 16.6. The van der Waals surface area contributed by atoms with Crippen LogP contribution >= 0.6 is 15.9 Å². The third kappa shape index (κ3) is 3.91. The van der Waals surface area contributed by atoms with Gasteiger partial charge in [0.25, 0.3) is 0 Å². The number of rotatable bonds is 7. The molecule has 0 amide bonds. The number of likely N-dealkylation sites (N-methyl/N-ethyl adjacent to an activating group) is 1. The number of hydrogen-bond donors (Lipinski definition) is 1. The normalized spacial score (nSPS) is 15.4. The van der Waals surface area contributed by atoms with Crippen molar-refractivity contribution in [3.05, 3.63) is 40.6 Å².